The predicted molar refractivity (Wildman–Crippen MR) is 91.6 cm³/mol. The molecule has 24 heavy (non-hydrogen) atoms. The molecule has 2 aromatic rings. The largest absolute Gasteiger partial charge is 0.493 e. The van der Waals surface area contributed by atoms with Gasteiger partial charge < -0.3 is 25.6 Å². The van der Waals surface area contributed by atoms with Gasteiger partial charge in [0.2, 0.25) is 5.95 Å². The van der Waals surface area contributed by atoms with E-state index in [1.54, 1.807) is 40.2 Å². The molecule has 0 atom stereocenters. The summed E-state index contributed by atoms with van der Waals surface area (Å²) in [5.74, 6) is 0.889. The van der Waals surface area contributed by atoms with Crippen LogP contribution in [0.1, 0.15) is 20.3 Å². The molecule has 0 saturated carbocycles. The summed E-state index contributed by atoms with van der Waals surface area (Å²) in [5, 5.41) is 12.8. The van der Waals surface area contributed by atoms with Crippen molar-refractivity contribution in [1.29, 1.82) is 0 Å². The lowest BCUT2D eigenvalue weighted by Gasteiger charge is -2.19. The van der Waals surface area contributed by atoms with E-state index in [-0.39, 0.29) is 0 Å². The minimum absolute atomic E-state index is 0.306. The van der Waals surface area contributed by atoms with Crippen molar-refractivity contribution >= 4 is 28.6 Å². The number of carboxylic acids is 1. The quantitative estimate of drug-likeness (QED) is 0.704. The zero-order valence-electron chi connectivity index (χ0n) is 14.2. The first-order chi connectivity index (χ1) is 11.3. The first-order valence-corrected chi connectivity index (χ1v) is 7.45. The van der Waals surface area contributed by atoms with Gasteiger partial charge in [0.1, 0.15) is 5.82 Å². The predicted octanol–water partition coefficient (Wildman–Crippen LogP) is 2.14. The number of hydrogen-bond acceptors (Lipinski definition) is 7. The van der Waals surface area contributed by atoms with Crippen LogP contribution in [0.4, 0.5) is 11.8 Å². The van der Waals surface area contributed by atoms with Crippen LogP contribution in [0.3, 0.4) is 0 Å². The van der Waals surface area contributed by atoms with Crippen LogP contribution < -0.4 is 20.5 Å². The number of rotatable bonds is 7. The van der Waals surface area contributed by atoms with Gasteiger partial charge in [0.15, 0.2) is 11.5 Å². The number of aromatic nitrogens is 2. The maximum atomic E-state index is 11.1. The molecule has 1 aromatic heterocycles. The van der Waals surface area contributed by atoms with Gasteiger partial charge in [-0.25, -0.2) is 4.98 Å². The van der Waals surface area contributed by atoms with E-state index in [4.69, 9.17) is 20.3 Å². The second-order valence-electron chi connectivity index (χ2n) is 6.02. The molecule has 0 amide bonds. The molecule has 1 heterocycles. The molecular formula is C16H22N4O4. The van der Waals surface area contributed by atoms with Crippen molar-refractivity contribution in [3.8, 4) is 11.5 Å². The lowest BCUT2D eigenvalue weighted by atomic mass is 9.90. The molecule has 8 heteroatoms. The Morgan fingerprint density at radius 1 is 1.25 bits per heavy atom. The SMILES string of the molecule is COc1cc2nc(NCCC(C)(C)C(=O)O)nc(N)c2cc1OC. The monoisotopic (exact) mass is 334 g/mol. The highest BCUT2D eigenvalue weighted by molar-refractivity contribution is 5.91. The summed E-state index contributed by atoms with van der Waals surface area (Å²) in [5.41, 5.74) is 5.78. The molecule has 0 aliphatic heterocycles. The summed E-state index contributed by atoms with van der Waals surface area (Å²) < 4.78 is 10.5. The van der Waals surface area contributed by atoms with Gasteiger partial charge in [-0.1, -0.05) is 0 Å². The molecule has 0 unspecified atom stereocenters. The first-order valence-electron chi connectivity index (χ1n) is 7.45. The van der Waals surface area contributed by atoms with E-state index < -0.39 is 11.4 Å². The summed E-state index contributed by atoms with van der Waals surface area (Å²) in [4.78, 5) is 19.7. The number of hydrogen-bond donors (Lipinski definition) is 3. The lowest BCUT2D eigenvalue weighted by Crippen LogP contribution is -2.26. The molecule has 2 rings (SSSR count). The molecule has 8 nitrogen and oxygen atoms in total. The standard InChI is InChI=1S/C16H22N4O4/c1-16(2,14(21)22)5-6-18-15-19-10-8-12(24-4)11(23-3)7-9(10)13(17)20-15/h7-8H,5-6H2,1-4H3,(H,21,22)(H3,17,18,19,20). The fourth-order valence-electron chi connectivity index (χ4n) is 2.15. The Morgan fingerprint density at radius 3 is 2.46 bits per heavy atom. The number of nitrogens with one attached hydrogen (secondary N) is 1. The number of anilines is 2. The van der Waals surface area contributed by atoms with Crippen molar-refractivity contribution in [1.82, 2.24) is 9.97 Å². The average Bonchev–Trinajstić information content (AvgIpc) is 2.53. The highest BCUT2D eigenvalue weighted by Crippen LogP contribution is 2.33. The van der Waals surface area contributed by atoms with Gasteiger partial charge in [-0.05, 0) is 26.3 Å². The van der Waals surface area contributed by atoms with Crippen LogP contribution in [0, 0.1) is 5.41 Å². The van der Waals surface area contributed by atoms with Gasteiger partial charge in [-0.3, -0.25) is 4.79 Å². The van der Waals surface area contributed by atoms with Crippen LogP contribution >= 0.6 is 0 Å². The number of carboxylic acid groups (broad SMARTS) is 1. The number of nitrogen functional groups attached to an aromatic ring is 1. The van der Waals surface area contributed by atoms with E-state index in [0.29, 0.717) is 47.1 Å². The molecule has 0 spiro atoms. The molecule has 0 radical (unpaired) electrons. The third-order valence-corrected chi connectivity index (χ3v) is 3.84. The number of nitrogens with two attached hydrogens (primary N) is 1. The van der Waals surface area contributed by atoms with E-state index in [1.165, 1.54) is 0 Å². The Bertz CT molecular complexity index is 761. The summed E-state index contributed by atoms with van der Waals surface area (Å²) in [6.45, 7) is 3.76. The zero-order chi connectivity index (χ0) is 17.9. The molecule has 0 aliphatic carbocycles. The molecule has 4 N–H and O–H groups in total. The first kappa shape index (κ1) is 17.6. The molecule has 0 fully saturated rings. The van der Waals surface area contributed by atoms with Crippen LogP contribution in [0.15, 0.2) is 12.1 Å². The topological polar surface area (TPSA) is 120 Å². The Kier molecular flexibility index (Phi) is 4.96. The van der Waals surface area contributed by atoms with Crippen molar-refractivity contribution in [3.63, 3.8) is 0 Å². The van der Waals surface area contributed by atoms with Crippen molar-refractivity contribution in [2.75, 3.05) is 31.8 Å². The van der Waals surface area contributed by atoms with E-state index in [9.17, 15) is 4.79 Å². The third-order valence-electron chi connectivity index (χ3n) is 3.84. The minimum atomic E-state index is -0.847. The fourth-order valence-corrected chi connectivity index (χ4v) is 2.15. The summed E-state index contributed by atoms with van der Waals surface area (Å²) in [6.07, 6.45) is 0.426. The summed E-state index contributed by atoms with van der Waals surface area (Å²) in [7, 11) is 3.09. The Morgan fingerprint density at radius 2 is 1.88 bits per heavy atom. The number of nitrogens with zero attached hydrogens (tertiary/aromatic N) is 2. The minimum Gasteiger partial charge on any atom is -0.493 e. The Balaban J connectivity index is 2.25. The molecule has 0 aliphatic rings. The number of aliphatic carboxylic acids is 1. The van der Waals surface area contributed by atoms with Gasteiger partial charge in [-0.15, -0.1) is 0 Å². The average molecular weight is 334 g/mol. The molecule has 0 saturated heterocycles. The second-order valence-corrected chi connectivity index (χ2v) is 6.02. The maximum absolute atomic E-state index is 11.1. The van der Waals surface area contributed by atoms with Crippen LogP contribution in [-0.2, 0) is 4.79 Å². The zero-order valence-corrected chi connectivity index (χ0v) is 14.2. The normalized spacial score (nSPS) is 11.3. The lowest BCUT2D eigenvalue weighted by molar-refractivity contribution is -0.147. The summed E-state index contributed by atoms with van der Waals surface area (Å²) >= 11 is 0. The number of benzene rings is 1. The highest BCUT2D eigenvalue weighted by Gasteiger charge is 2.26. The summed E-state index contributed by atoms with van der Waals surface area (Å²) in [6, 6.07) is 3.44. The van der Waals surface area contributed by atoms with Gasteiger partial charge in [0.05, 0.1) is 25.2 Å². The number of carbonyl (C=O) groups is 1. The number of fused-ring (bicyclic) bond motifs is 1. The number of methoxy groups -OCH3 is 2. The Hall–Kier alpha value is -2.77. The van der Waals surface area contributed by atoms with E-state index >= 15 is 0 Å². The van der Waals surface area contributed by atoms with Crippen LogP contribution in [0.5, 0.6) is 11.5 Å². The van der Waals surface area contributed by atoms with E-state index in [2.05, 4.69) is 15.3 Å². The van der Waals surface area contributed by atoms with Gasteiger partial charge in [0.25, 0.3) is 0 Å². The fraction of sp³-hybridized carbons (Fsp3) is 0.438. The van der Waals surface area contributed by atoms with Crippen LogP contribution in [-0.4, -0.2) is 41.8 Å². The van der Waals surface area contributed by atoms with Gasteiger partial charge >= 0.3 is 5.97 Å². The van der Waals surface area contributed by atoms with Crippen LogP contribution in [0.25, 0.3) is 10.9 Å². The van der Waals surface area contributed by atoms with Gasteiger partial charge in [0, 0.05) is 18.0 Å². The second kappa shape index (κ2) is 6.77. The smallest absolute Gasteiger partial charge is 0.309 e. The van der Waals surface area contributed by atoms with Crippen LogP contribution in [0.2, 0.25) is 0 Å². The maximum Gasteiger partial charge on any atom is 0.309 e. The molecule has 0 bridgehead atoms. The molecule has 1 aromatic carbocycles. The van der Waals surface area contributed by atoms with Crippen molar-refractivity contribution < 1.29 is 19.4 Å². The van der Waals surface area contributed by atoms with Crippen molar-refractivity contribution in [2.24, 2.45) is 5.41 Å². The molecular weight excluding hydrogens is 312 g/mol. The third kappa shape index (κ3) is 3.58. The van der Waals surface area contributed by atoms with E-state index in [1.807, 2.05) is 0 Å². The van der Waals surface area contributed by atoms with Crippen molar-refractivity contribution in [2.45, 2.75) is 20.3 Å². The molecule has 130 valence electrons. The number of ether oxygens (including phenoxy) is 2. The van der Waals surface area contributed by atoms with Gasteiger partial charge in [-0.2, -0.15) is 4.98 Å². The van der Waals surface area contributed by atoms with E-state index in [0.717, 1.165) is 0 Å². The Labute approximate surface area is 140 Å². The van der Waals surface area contributed by atoms with Crippen molar-refractivity contribution in [3.05, 3.63) is 12.1 Å². The highest BCUT2D eigenvalue weighted by atomic mass is 16.5.